The molecule has 0 aromatic heterocycles. The van der Waals surface area contributed by atoms with Crippen LogP contribution < -0.4 is 5.32 Å². The number of anilines is 2. The Kier molecular flexibility index (Phi) is 3.22. The van der Waals surface area contributed by atoms with Crippen molar-refractivity contribution in [2.75, 3.05) is 5.32 Å². The van der Waals surface area contributed by atoms with Gasteiger partial charge in [0.05, 0.1) is 17.2 Å². The van der Waals surface area contributed by atoms with Crippen LogP contribution in [0.25, 0.3) is 0 Å². The third-order valence-electron chi connectivity index (χ3n) is 2.37. The first kappa shape index (κ1) is 11.6. The minimum atomic E-state index is -0.570. The standard InChI is InChI=1S/C14H8FN3/c15-14-7-13(5-4-11(14)9-17)18-12-3-1-2-10(6-12)8-16/h1-7,18H. The highest BCUT2D eigenvalue weighted by Gasteiger charge is 2.03. The zero-order chi connectivity index (χ0) is 13.0. The van der Waals surface area contributed by atoms with Crippen LogP contribution in [0.2, 0.25) is 0 Å². The molecule has 18 heavy (non-hydrogen) atoms. The number of hydrogen-bond donors (Lipinski definition) is 1. The van der Waals surface area contributed by atoms with Gasteiger partial charge in [-0.25, -0.2) is 4.39 Å². The number of nitrogens with one attached hydrogen (secondary N) is 1. The Morgan fingerprint density at radius 3 is 2.39 bits per heavy atom. The van der Waals surface area contributed by atoms with Crippen molar-refractivity contribution in [2.24, 2.45) is 0 Å². The summed E-state index contributed by atoms with van der Waals surface area (Å²) in [5, 5.41) is 20.4. The van der Waals surface area contributed by atoms with Gasteiger partial charge in [-0.05, 0) is 36.4 Å². The van der Waals surface area contributed by atoms with Crippen LogP contribution in [0.15, 0.2) is 42.5 Å². The van der Waals surface area contributed by atoms with Gasteiger partial charge in [0, 0.05) is 11.4 Å². The zero-order valence-electron chi connectivity index (χ0n) is 9.31. The maximum absolute atomic E-state index is 13.4. The van der Waals surface area contributed by atoms with Gasteiger partial charge in [0.2, 0.25) is 0 Å². The molecule has 0 radical (unpaired) electrons. The molecule has 4 heteroatoms. The van der Waals surface area contributed by atoms with E-state index in [1.807, 2.05) is 6.07 Å². The molecule has 3 nitrogen and oxygen atoms in total. The van der Waals surface area contributed by atoms with E-state index in [9.17, 15) is 4.39 Å². The molecular weight excluding hydrogens is 229 g/mol. The first-order valence-electron chi connectivity index (χ1n) is 5.20. The lowest BCUT2D eigenvalue weighted by Gasteiger charge is -2.07. The first-order chi connectivity index (χ1) is 8.72. The van der Waals surface area contributed by atoms with Gasteiger partial charge in [-0.3, -0.25) is 0 Å². The van der Waals surface area contributed by atoms with Crippen molar-refractivity contribution in [1.82, 2.24) is 0 Å². The quantitative estimate of drug-likeness (QED) is 0.871. The number of hydrogen-bond acceptors (Lipinski definition) is 3. The molecule has 0 saturated carbocycles. The van der Waals surface area contributed by atoms with Crippen LogP contribution in [0.5, 0.6) is 0 Å². The lowest BCUT2D eigenvalue weighted by atomic mass is 10.2. The fraction of sp³-hybridized carbons (Fsp3) is 0. The van der Waals surface area contributed by atoms with Gasteiger partial charge in [0.15, 0.2) is 0 Å². The van der Waals surface area contributed by atoms with Gasteiger partial charge in [-0.1, -0.05) is 6.07 Å². The third-order valence-corrected chi connectivity index (χ3v) is 2.37. The Balaban J connectivity index is 2.27. The van der Waals surface area contributed by atoms with Crippen molar-refractivity contribution < 1.29 is 4.39 Å². The molecule has 0 aliphatic rings. The van der Waals surface area contributed by atoms with E-state index >= 15 is 0 Å². The fourth-order valence-electron chi connectivity index (χ4n) is 1.52. The van der Waals surface area contributed by atoms with Gasteiger partial charge < -0.3 is 5.32 Å². The molecule has 0 saturated heterocycles. The van der Waals surface area contributed by atoms with E-state index in [1.165, 1.54) is 12.1 Å². The number of nitrogens with zero attached hydrogens (tertiary/aromatic N) is 2. The van der Waals surface area contributed by atoms with Crippen LogP contribution in [0.3, 0.4) is 0 Å². The Hall–Kier alpha value is -2.85. The number of nitriles is 2. The molecule has 2 rings (SSSR count). The van der Waals surface area contributed by atoms with E-state index in [-0.39, 0.29) is 5.56 Å². The van der Waals surface area contributed by atoms with Gasteiger partial charge in [-0.2, -0.15) is 10.5 Å². The molecule has 0 fully saturated rings. The van der Waals surface area contributed by atoms with Crippen molar-refractivity contribution in [3.8, 4) is 12.1 Å². The second-order valence-corrected chi connectivity index (χ2v) is 3.62. The van der Waals surface area contributed by atoms with Crippen molar-refractivity contribution in [1.29, 1.82) is 10.5 Å². The van der Waals surface area contributed by atoms with Crippen LogP contribution in [0, 0.1) is 28.5 Å². The Bertz CT molecular complexity index is 665. The molecule has 0 aliphatic heterocycles. The first-order valence-corrected chi connectivity index (χ1v) is 5.20. The fourth-order valence-corrected chi connectivity index (χ4v) is 1.52. The summed E-state index contributed by atoms with van der Waals surface area (Å²) in [4.78, 5) is 0. The molecule has 0 heterocycles. The molecule has 2 aromatic carbocycles. The zero-order valence-corrected chi connectivity index (χ0v) is 9.31. The molecule has 0 amide bonds. The van der Waals surface area contributed by atoms with Gasteiger partial charge in [0.1, 0.15) is 11.9 Å². The van der Waals surface area contributed by atoms with Crippen LogP contribution in [0.1, 0.15) is 11.1 Å². The average molecular weight is 237 g/mol. The van der Waals surface area contributed by atoms with E-state index in [4.69, 9.17) is 10.5 Å². The van der Waals surface area contributed by atoms with Gasteiger partial charge in [0.25, 0.3) is 0 Å². The average Bonchev–Trinajstić information content (AvgIpc) is 2.39. The normalized spacial score (nSPS) is 9.28. The maximum atomic E-state index is 13.4. The Morgan fingerprint density at radius 2 is 1.72 bits per heavy atom. The number of halogens is 1. The maximum Gasteiger partial charge on any atom is 0.143 e. The smallest absolute Gasteiger partial charge is 0.143 e. The lowest BCUT2D eigenvalue weighted by Crippen LogP contribution is -1.93. The van der Waals surface area contributed by atoms with E-state index < -0.39 is 5.82 Å². The summed E-state index contributed by atoms with van der Waals surface area (Å²) in [6.45, 7) is 0. The van der Waals surface area contributed by atoms with Crippen LogP contribution in [-0.2, 0) is 0 Å². The molecule has 0 aliphatic carbocycles. The predicted octanol–water partition coefficient (Wildman–Crippen LogP) is 3.31. The van der Waals surface area contributed by atoms with Gasteiger partial charge in [-0.15, -0.1) is 0 Å². The monoisotopic (exact) mass is 237 g/mol. The summed E-state index contributed by atoms with van der Waals surface area (Å²) in [5.74, 6) is -0.570. The Morgan fingerprint density at radius 1 is 0.944 bits per heavy atom. The van der Waals surface area contributed by atoms with Crippen LogP contribution in [0.4, 0.5) is 15.8 Å². The molecule has 0 bridgehead atoms. The molecule has 0 atom stereocenters. The van der Waals surface area contributed by atoms with Crippen molar-refractivity contribution in [3.05, 3.63) is 59.4 Å². The summed E-state index contributed by atoms with van der Waals surface area (Å²) >= 11 is 0. The van der Waals surface area contributed by atoms with E-state index in [1.54, 1.807) is 36.4 Å². The highest BCUT2D eigenvalue weighted by atomic mass is 19.1. The Labute approximate surface area is 104 Å². The topological polar surface area (TPSA) is 59.6 Å². The third kappa shape index (κ3) is 2.45. The molecule has 2 aromatic rings. The van der Waals surface area contributed by atoms with E-state index in [0.29, 0.717) is 16.9 Å². The van der Waals surface area contributed by atoms with Gasteiger partial charge >= 0.3 is 0 Å². The van der Waals surface area contributed by atoms with Crippen molar-refractivity contribution in [3.63, 3.8) is 0 Å². The summed E-state index contributed by atoms with van der Waals surface area (Å²) < 4.78 is 13.4. The summed E-state index contributed by atoms with van der Waals surface area (Å²) in [5.41, 5.74) is 1.75. The summed E-state index contributed by atoms with van der Waals surface area (Å²) in [6, 6.07) is 14.9. The second kappa shape index (κ2) is 4.99. The summed E-state index contributed by atoms with van der Waals surface area (Å²) in [7, 11) is 0. The van der Waals surface area contributed by atoms with Crippen molar-refractivity contribution in [2.45, 2.75) is 0 Å². The van der Waals surface area contributed by atoms with E-state index in [0.717, 1.165) is 0 Å². The van der Waals surface area contributed by atoms with Crippen molar-refractivity contribution >= 4 is 11.4 Å². The minimum Gasteiger partial charge on any atom is -0.355 e. The molecular formula is C14H8FN3. The highest BCUT2D eigenvalue weighted by molar-refractivity contribution is 5.62. The predicted molar refractivity (Wildman–Crippen MR) is 65.6 cm³/mol. The lowest BCUT2D eigenvalue weighted by molar-refractivity contribution is 0.624. The van der Waals surface area contributed by atoms with E-state index in [2.05, 4.69) is 5.32 Å². The molecule has 0 unspecified atom stereocenters. The van der Waals surface area contributed by atoms with Crippen LogP contribution >= 0.6 is 0 Å². The highest BCUT2D eigenvalue weighted by Crippen LogP contribution is 2.19. The largest absolute Gasteiger partial charge is 0.355 e. The SMILES string of the molecule is N#Cc1cccc(Nc2ccc(C#N)c(F)c2)c1. The summed E-state index contributed by atoms with van der Waals surface area (Å²) in [6.07, 6.45) is 0. The number of rotatable bonds is 2. The number of benzene rings is 2. The minimum absolute atomic E-state index is 0.00586. The molecule has 0 spiro atoms. The van der Waals surface area contributed by atoms with Crippen LogP contribution in [-0.4, -0.2) is 0 Å². The molecule has 1 N–H and O–H groups in total. The molecule has 86 valence electrons. The second-order valence-electron chi connectivity index (χ2n) is 3.62.